The molecule has 1 aliphatic heterocycles. The molecule has 0 N–H and O–H groups in total. The Labute approximate surface area is 100 Å². The van der Waals surface area contributed by atoms with Gasteiger partial charge in [-0.1, -0.05) is 24.3 Å². The number of carbonyl (C=O) groups excluding carboxylic acids is 1. The Hall–Kier alpha value is -1.57. The van der Waals surface area contributed by atoms with Crippen LogP contribution in [0.5, 0.6) is 0 Å². The van der Waals surface area contributed by atoms with Crippen molar-refractivity contribution in [3.05, 3.63) is 41.0 Å². The Morgan fingerprint density at radius 2 is 2.24 bits per heavy atom. The van der Waals surface area contributed by atoms with E-state index in [0.29, 0.717) is 5.92 Å². The number of esters is 1. The molecule has 4 rings (SSSR count). The molecule has 2 aliphatic carbocycles. The minimum absolute atomic E-state index is 0.00440. The van der Waals surface area contributed by atoms with Gasteiger partial charge in [-0.2, -0.15) is 0 Å². The van der Waals surface area contributed by atoms with E-state index in [9.17, 15) is 4.79 Å². The Morgan fingerprint density at radius 3 is 3.12 bits per heavy atom. The Morgan fingerprint density at radius 1 is 1.35 bits per heavy atom. The van der Waals surface area contributed by atoms with Crippen molar-refractivity contribution in [1.82, 2.24) is 0 Å². The smallest absolute Gasteiger partial charge is 0.310 e. The number of carbonyl (C=O) groups is 1. The lowest BCUT2D eigenvalue weighted by molar-refractivity contribution is -0.144. The van der Waals surface area contributed by atoms with Crippen LogP contribution < -0.4 is 0 Å². The molecule has 17 heavy (non-hydrogen) atoms. The van der Waals surface area contributed by atoms with Crippen LogP contribution in [0, 0.1) is 18.8 Å². The van der Waals surface area contributed by atoms with Crippen molar-refractivity contribution in [1.29, 1.82) is 0 Å². The van der Waals surface area contributed by atoms with Crippen LogP contribution in [0.1, 0.15) is 35.6 Å². The molecule has 1 heterocycles. The Bertz CT molecular complexity index is 556. The first-order valence-corrected chi connectivity index (χ1v) is 6.28. The third-order valence-corrected chi connectivity index (χ3v) is 4.43. The van der Waals surface area contributed by atoms with Gasteiger partial charge in [-0.3, -0.25) is 4.79 Å². The number of fused-ring (bicyclic) bond motifs is 3. The number of ether oxygens (including phenoxy) is 1. The Balaban J connectivity index is 2.00. The molecular weight excluding hydrogens is 212 g/mol. The van der Waals surface area contributed by atoms with E-state index >= 15 is 0 Å². The molecule has 1 saturated heterocycles. The van der Waals surface area contributed by atoms with Gasteiger partial charge in [0.15, 0.2) is 0 Å². The van der Waals surface area contributed by atoms with Crippen molar-refractivity contribution in [2.24, 2.45) is 11.8 Å². The van der Waals surface area contributed by atoms with E-state index in [1.54, 1.807) is 0 Å². The third kappa shape index (κ3) is 1.03. The summed E-state index contributed by atoms with van der Waals surface area (Å²) in [5.41, 5.74) is 5.17. The number of benzene rings is 1. The summed E-state index contributed by atoms with van der Waals surface area (Å²) in [7, 11) is 0. The zero-order valence-corrected chi connectivity index (χ0v) is 9.77. The molecule has 0 amide bonds. The van der Waals surface area contributed by atoms with Gasteiger partial charge in [-0.15, -0.1) is 0 Å². The second-order valence-corrected chi connectivity index (χ2v) is 5.26. The topological polar surface area (TPSA) is 26.3 Å². The molecule has 0 spiro atoms. The SMILES string of the molecule is Cc1cccc2c1[C@H]1OC(=O)[C@H]3CCC=C2[C@H]31. The van der Waals surface area contributed by atoms with Gasteiger partial charge in [0.1, 0.15) is 6.10 Å². The van der Waals surface area contributed by atoms with Crippen LogP contribution in [0.3, 0.4) is 0 Å². The quantitative estimate of drug-likeness (QED) is 0.636. The van der Waals surface area contributed by atoms with Gasteiger partial charge in [0, 0.05) is 11.5 Å². The number of aryl methyl sites for hydroxylation is 1. The van der Waals surface area contributed by atoms with Crippen molar-refractivity contribution in [2.75, 3.05) is 0 Å². The summed E-state index contributed by atoms with van der Waals surface area (Å²) in [5, 5.41) is 0. The van der Waals surface area contributed by atoms with Crippen LogP contribution in [0.4, 0.5) is 0 Å². The molecular formula is C15H14O2. The number of rotatable bonds is 0. The summed E-state index contributed by atoms with van der Waals surface area (Å²) in [4.78, 5) is 11.9. The highest BCUT2D eigenvalue weighted by Crippen LogP contribution is 2.57. The largest absolute Gasteiger partial charge is 0.457 e. The van der Waals surface area contributed by atoms with Gasteiger partial charge in [-0.25, -0.2) is 0 Å². The number of hydrogen-bond donors (Lipinski definition) is 0. The van der Waals surface area contributed by atoms with Crippen LogP contribution in [0.15, 0.2) is 24.3 Å². The third-order valence-electron chi connectivity index (χ3n) is 4.43. The molecule has 2 heteroatoms. The highest BCUT2D eigenvalue weighted by atomic mass is 16.6. The molecule has 3 aliphatic rings. The van der Waals surface area contributed by atoms with Gasteiger partial charge in [0.2, 0.25) is 0 Å². The van der Waals surface area contributed by atoms with Crippen LogP contribution in [-0.4, -0.2) is 5.97 Å². The minimum Gasteiger partial charge on any atom is -0.457 e. The first-order valence-electron chi connectivity index (χ1n) is 6.28. The fourth-order valence-corrected chi connectivity index (χ4v) is 3.71. The van der Waals surface area contributed by atoms with Crippen LogP contribution >= 0.6 is 0 Å². The maximum absolute atomic E-state index is 11.9. The highest BCUT2D eigenvalue weighted by Gasteiger charge is 2.53. The fraction of sp³-hybridized carbons (Fsp3) is 0.400. The summed E-state index contributed by atoms with van der Waals surface area (Å²) in [5.74, 6) is 0.415. The van der Waals surface area contributed by atoms with Gasteiger partial charge >= 0.3 is 5.97 Å². The molecule has 1 aromatic carbocycles. The second kappa shape index (κ2) is 3.00. The molecule has 2 nitrogen and oxygen atoms in total. The van der Waals surface area contributed by atoms with Gasteiger partial charge in [0.05, 0.1) is 5.92 Å². The molecule has 1 aromatic rings. The first kappa shape index (κ1) is 9.46. The molecule has 0 radical (unpaired) electrons. The summed E-state index contributed by atoms with van der Waals surface area (Å²) < 4.78 is 5.63. The lowest BCUT2D eigenvalue weighted by Gasteiger charge is -2.20. The van der Waals surface area contributed by atoms with E-state index < -0.39 is 0 Å². The Kier molecular flexibility index (Phi) is 1.67. The molecule has 86 valence electrons. The van der Waals surface area contributed by atoms with Crippen molar-refractivity contribution in [3.63, 3.8) is 0 Å². The summed E-state index contributed by atoms with van der Waals surface area (Å²) in [6, 6.07) is 6.38. The van der Waals surface area contributed by atoms with Crippen molar-refractivity contribution in [3.8, 4) is 0 Å². The van der Waals surface area contributed by atoms with Crippen LogP contribution in [0.25, 0.3) is 5.57 Å². The second-order valence-electron chi connectivity index (χ2n) is 5.26. The lowest BCUT2D eigenvalue weighted by Crippen LogP contribution is -2.18. The zero-order valence-electron chi connectivity index (χ0n) is 9.77. The highest BCUT2D eigenvalue weighted by molar-refractivity contribution is 5.87. The van der Waals surface area contributed by atoms with Gasteiger partial charge in [0.25, 0.3) is 0 Å². The van der Waals surface area contributed by atoms with Crippen molar-refractivity contribution >= 4 is 11.5 Å². The predicted molar refractivity (Wildman–Crippen MR) is 64.2 cm³/mol. The van der Waals surface area contributed by atoms with Gasteiger partial charge in [-0.05, 0) is 36.5 Å². The first-order chi connectivity index (χ1) is 8.27. The fourth-order valence-electron chi connectivity index (χ4n) is 3.71. The number of hydrogen-bond acceptors (Lipinski definition) is 2. The minimum atomic E-state index is -0.00440. The maximum atomic E-state index is 11.9. The van der Waals surface area contributed by atoms with Gasteiger partial charge < -0.3 is 4.74 Å². The molecule has 0 saturated carbocycles. The maximum Gasteiger partial charge on any atom is 0.310 e. The average molecular weight is 226 g/mol. The average Bonchev–Trinajstić information content (AvgIpc) is 2.82. The van der Waals surface area contributed by atoms with E-state index in [1.165, 1.54) is 22.3 Å². The summed E-state index contributed by atoms with van der Waals surface area (Å²) in [6.07, 6.45) is 4.26. The van der Waals surface area contributed by atoms with Crippen molar-refractivity contribution in [2.45, 2.75) is 25.9 Å². The van der Waals surface area contributed by atoms with E-state index in [-0.39, 0.29) is 18.0 Å². The zero-order chi connectivity index (χ0) is 11.6. The summed E-state index contributed by atoms with van der Waals surface area (Å²) in [6.45, 7) is 2.11. The molecule has 0 bridgehead atoms. The number of allylic oxidation sites excluding steroid dienone is 1. The summed E-state index contributed by atoms with van der Waals surface area (Å²) >= 11 is 0. The van der Waals surface area contributed by atoms with Crippen LogP contribution in [0.2, 0.25) is 0 Å². The monoisotopic (exact) mass is 226 g/mol. The normalized spacial score (nSPS) is 32.9. The standard InChI is InChI=1S/C15H14O2/c1-8-4-2-5-9-10-6-3-7-11-13(10)14(12(8)9)17-15(11)16/h2,4-6,11,13-14H,3,7H2,1H3/t11-,13+,14+/m0/s1. The lowest BCUT2D eigenvalue weighted by atomic mass is 9.80. The predicted octanol–water partition coefficient (Wildman–Crippen LogP) is 3.02. The molecule has 0 aromatic heterocycles. The van der Waals surface area contributed by atoms with Crippen molar-refractivity contribution < 1.29 is 9.53 Å². The van der Waals surface area contributed by atoms with E-state index in [2.05, 4.69) is 31.2 Å². The molecule has 0 unspecified atom stereocenters. The van der Waals surface area contributed by atoms with E-state index in [4.69, 9.17) is 4.74 Å². The van der Waals surface area contributed by atoms with E-state index in [1.807, 2.05) is 0 Å². The van der Waals surface area contributed by atoms with E-state index in [0.717, 1.165) is 12.8 Å². The molecule has 1 fully saturated rings. The molecule has 3 atom stereocenters. The van der Waals surface area contributed by atoms with Crippen LogP contribution in [-0.2, 0) is 9.53 Å².